The van der Waals surface area contributed by atoms with E-state index >= 15 is 0 Å². The highest BCUT2D eigenvalue weighted by Gasteiger charge is 2.64. The average molecular weight is 551 g/mol. The van der Waals surface area contributed by atoms with Gasteiger partial charge in [0.25, 0.3) is 0 Å². The van der Waals surface area contributed by atoms with Crippen LogP contribution in [0.15, 0.2) is 52.1 Å². The maximum atomic E-state index is 13.6. The number of likely N-dealkylation sites (tertiary alicyclic amines) is 1. The number of benzene rings is 1. The highest BCUT2D eigenvalue weighted by molar-refractivity contribution is 9.10. The fourth-order valence-corrected chi connectivity index (χ4v) is 5.58. The van der Waals surface area contributed by atoms with Crippen LogP contribution in [0.2, 0.25) is 0 Å². The van der Waals surface area contributed by atoms with Gasteiger partial charge in [-0.15, -0.1) is 0 Å². The molecule has 186 valence electrons. The highest BCUT2D eigenvalue weighted by Crippen LogP contribution is 2.59. The van der Waals surface area contributed by atoms with Crippen LogP contribution in [0.5, 0.6) is 5.75 Å². The van der Waals surface area contributed by atoms with Gasteiger partial charge in [-0.2, -0.15) is 0 Å². The van der Waals surface area contributed by atoms with Crippen LogP contribution in [0.3, 0.4) is 0 Å². The molecule has 0 bridgehead atoms. The Morgan fingerprint density at radius 3 is 2.72 bits per heavy atom. The third-order valence-electron chi connectivity index (χ3n) is 7.37. The molecule has 2 aliphatic rings. The zero-order chi connectivity index (χ0) is 25.6. The first kappa shape index (κ1) is 24.4. The molecule has 3 atom stereocenters. The number of nitrogens with one attached hydrogen (secondary N) is 1. The summed E-state index contributed by atoms with van der Waals surface area (Å²) in [6.45, 7) is 4.09. The fourth-order valence-electron chi connectivity index (χ4n) is 5.23. The first-order valence-electron chi connectivity index (χ1n) is 11.9. The van der Waals surface area contributed by atoms with Crippen LogP contribution in [0, 0.1) is 12.3 Å². The zero-order valence-corrected chi connectivity index (χ0v) is 22.0. The zero-order valence-electron chi connectivity index (χ0n) is 20.4. The van der Waals surface area contributed by atoms with E-state index in [0.29, 0.717) is 22.3 Å². The normalized spacial score (nSPS) is 22.3. The van der Waals surface area contributed by atoms with Gasteiger partial charge in [0.1, 0.15) is 10.4 Å². The first-order chi connectivity index (χ1) is 17.2. The summed E-state index contributed by atoms with van der Waals surface area (Å²) in [5, 5.41) is 0. The fraction of sp³-hybridized carbons (Fsp3) is 0.370. The molecule has 1 aliphatic carbocycles. The van der Waals surface area contributed by atoms with Crippen LogP contribution in [0.4, 0.5) is 0 Å². The van der Waals surface area contributed by atoms with Crippen molar-refractivity contribution in [2.45, 2.75) is 51.6 Å². The van der Waals surface area contributed by atoms with Crippen molar-refractivity contribution in [3.63, 3.8) is 0 Å². The quantitative estimate of drug-likeness (QED) is 0.450. The van der Waals surface area contributed by atoms with E-state index in [-0.39, 0.29) is 36.0 Å². The number of halogens is 1. The molecule has 36 heavy (non-hydrogen) atoms. The van der Waals surface area contributed by atoms with Gasteiger partial charge in [0.2, 0.25) is 5.91 Å². The molecule has 3 aromatic rings. The lowest BCUT2D eigenvalue weighted by atomic mass is 9.96. The van der Waals surface area contributed by atoms with Crippen molar-refractivity contribution < 1.29 is 14.3 Å². The second-order valence-corrected chi connectivity index (χ2v) is 10.8. The molecule has 2 aromatic heterocycles. The van der Waals surface area contributed by atoms with Gasteiger partial charge < -0.3 is 14.6 Å². The lowest BCUT2D eigenvalue weighted by molar-refractivity contribution is -0.138. The van der Waals surface area contributed by atoms with Crippen LogP contribution >= 0.6 is 15.9 Å². The number of Topliss-reactive ketones (excluding diaryl/α,β-unsaturated/α-hetero) is 1. The molecular weight excluding hydrogens is 524 g/mol. The molecule has 1 aliphatic heterocycles. The standard InChI is InChI=1S/C27H27BrN4O4/c1-15-4-5-24(28)31-20(15)10-22(33)21-11-27(2)12-23(27)32(21)25(34)8-16-6-17(9-19(7-16)36-3)18-13-29-26(35)30-14-18/h4-7,9,13-14,21,23H,8,10-12H2,1-3H3,(H,29,30,35)/t21-,23+,27-/m0/s1. The molecule has 0 unspecified atom stereocenters. The van der Waals surface area contributed by atoms with Gasteiger partial charge >= 0.3 is 5.69 Å². The topological polar surface area (TPSA) is 105 Å². The van der Waals surface area contributed by atoms with Gasteiger partial charge in [-0.25, -0.2) is 14.8 Å². The number of pyridine rings is 1. The smallest absolute Gasteiger partial charge is 0.344 e. The number of H-pyrrole nitrogens is 1. The second kappa shape index (κ2) is 9.28. The average Bonchev–Trinajstić information content (AvgIpc) is 3.41. The van der Waals surface area contributed by atoms with Crippen molar-refractivity contribution in [3.05, 3.63) is 74.6 Å². The number of aromatic amines is 1. The predicted molar refractivity (Wildman–Crippen MR) is 138 cm³/mol. The van der Waals surface area contributed by atoms with E-state index in [1.165, 1.54) is 6.20 Å². The van der Waals surface area contributed by atoms with Crippen LogP contribution in [0.1, 0.15) is 36.6 Å². The van der Waals surface area contributed by atoms with E-state index in [1.807, 2.05) is 42.2 Å². The number of hydrogen-bond donors (Lipinski definition) is 1. The number of carbonyl (C=O) groups excluding carboxylic acids is 2. The summed E-state index contributed by atoms with van der Waals surface area (Å²) in [4.78, 5) is 51.1. The molecule has 0 spiro atoms. The van der Waals surface area contributed by atoms with Gasteiger partial charge in [-0.3, -0.25) is 9.59 Å². The van der Waals surface area contributed by atoms with Crippen molar-refractivity contribution in [1.82, 2.24) is 19.9 Å². The van der Waals surface area contributed by atoms with Crippen LogP contribution in [0.25, 0.3) is 11.1 Å². The highest BCUT2D eigenvalue weighted by atomic mass is 79.9. The van der Waals surface area contributed by atoms with E-state index in [0.717, 1.165) is 28.8 Å². The first-order valence-corrected chi connectivity index (χ1v) is 12.6. The van der Waals surface area contributed by atoms with Gasteiger partial charge in [0.15, 0.2) is 5.78 Å². The number of hydrogen-bond acceptors (Lipinski definition) is 6. The Bertz CT molecular complexity index is 1400. The molecular formula is C27H27BrN4O4. The molecule has 1 saturated heterocycles. The SMILES string of the molecule is COc1cc(CC(=O)N2[C@H](C(=O)Cc3nc(Br)ccc3C)C[C@@]3(C)C[C@@H]23)cc(-c2cnc(=O)[nH]c2)c1. The third kappa shape index (κ3) is 4.72. The summed E-state index contributed by atoms with van der Waals surface area (Å²) >= 11 is 3.39. The molecule has 0 radical (unpaired) electrons. The number of rotatable bonds is 7. The lowest BCUT2D eigenvalue weighted by Gasteiger charge is -2.27. The Hall–Kier alpha value is -3.33. The monoisotopic (exact) mass is 550 g/mol. The minimum absolute atomic E-state index is 0.00313. The lowest BCUT2D eigenvalue weighted by Crippen LogP contribution is -2.44. The Labute approximate surface area is 217 Å². The van der Waals surface area contributed by atoms with Crippen LogP contribution < -0.4 is 10.4 Å². The minimum Gasteiger partial charge on any atom is -0.497 e. The van der Waals surface area contributed by atoms with Gasteiger partial charge in [-0.1, -0.05) is 19.1 Å². The number of aryl methyl sites for hydroxylation is 1. The van der Waals surface area contributed by atoms with E-state index in [4.69, 9.17) is 4.74 Å². The van der Waals surface area contributed by atoms with E-state index in [2.05, 4.69) is 37.8 Å². The number of aromatic nitrogens is 3. The molecule has 9 heteroatoms. The Morgan fingerprint density at radius 2 is 2.00 bits per heavy atom. The molecule has 8 nitrogen and oxygen atoms in total. The largest absolute Gasteiger partial charge is 0.497 e. The summed E-state index contributed by atoms with van der Waals surface area (Å²) in [5.74, 6) is 0.552. The molecule has 1 aromatic carbocycles. The molecule has 5 rings (SSSR count). The summed E-state index contributed by atoms with van der Waals surface area (Å²) in [6, 6.07) is 8.98. The van der Waals surface area contributed by atoms with Crippen molar-refractivity contribution in [3.8, 4) is 16.9 Å². The maximum absolute atomic E-state index is 13.6. The summed E-state index contributed by atoms with van der Waals surface area (Å²) in [7, 11) is 1.57. The van der Waals surface area contributed by atoms with Gasteiger partial charge in [0.05, 0.1) is 31.7 Å². The number of carbonyl (C=O) groups is 2. The molecule has 1 amide bonds. The molecule has 2 fully saturated rings. The van der Waals surface area contributed by atoms with Gasteiger partial charge in [-0.05, 0) is 76.0 Å². The number of piperidine rings is 1. The number of nitrogens with zero attached hydrogens (tertiary/aromatic N) is 3. The predicted octanol–water partition coefficient (Wildman–Crippen LogP) is 3.65. The van der Waals surface area contributed by atoms with Crippen LogP contribution in [-0.2, 0) is 22.4 Å². The van der Waals surface area contributed by atoms with Gasteiger partial charge in [0, 0.05) is 24.0 Å². The van der Waals surface area contributed by atoms with E-state index in [1.54, 1.807) is 13.3 Å². The maximum Gasteiger partial charge on any atom is 0.344 e. The minimum atomic E-state index is -0.449. The number of methoxy groups -OCH3 is 1. The van der Waals surface area contributed by atoms with E-state index < -0.39 is 11.7 Å². The van der Waals surface area contributed by atoms with Crippen molar-refractivity contribution in [2.75, 3.05) is 7.11 Å². The van der Waals surface area contributed by atoms with Crippen molar-refractivity contribution in [2.24, 2.45) is 5.41 Å². The molecule has 1 N–H and O–H groups in total. The Morgan fingerprint density at radius 1 is 1.19 bits per heavy atom. The second-order valence-electron chi connectivity index (χ2n) is 9.99. The Kier molecular flexibility index (Phi) is 6.28. The number of ketones is 1. The third-order valence-corrected chi connectivity index (χ3v) is 7.81. The molecule has 1 saturated carbocycles. The number of fused-ring (bicyclic) bond motifs is 1. The molecule has 3 heterocycles. The van der Waals surface area contributed by atoms with E-state index in [9.17, 15) is 14.4 Å². The van der Waals surface area contributed by atoms with Crippen molar-refractivity contribution >= 4 is 27.6 Å². The summed E-state index contributed by atoms with van der Waals surface area (Å²) < 4.78 is 6.15. The number of amides is 1. The number of ether oxygens (including phenoxy) is 1. The Balaban J connectivity index is 1.38. The summed E-state index contributed by atoms with van der Waals surface area (Å²) in [6.07, 6.45) is 5.02. The summed E-state index contributed by atoms with van der Waals surface area (Å²) in [5.41, 5.74) is 3.52. The van der Waals surface area contributed by atoms with Crippen LogP contribution in [-0.4, -0.2) is 50.7 Å². The van der Waals surface area contributed by atoms with Crippen molar-refractivity contribution in [1.29, 1.82) is 0 Å².